The van der Waals surface area contributed by atoms with Crippen molar-refractivity contribution in [1.82, 2.24) is 9.55 Å². The Morgan fingerprint density at radius 3 is 2.75 bits per heavy atom. The highest BCUT2D eigenvalue weighted by atomic mass is 15.1. The van der Waals surface area contributed by atoms with Crippen molar-refractivity contribution in [2.75, 3.05) is 0 Å². The lowest BCUT2D eigenvalue weighted by atomic mass is 9.96. The van der Waals surface area contributed by atoms with Crippen LogP contribution < -0.4 is 5.73 Å². The zero-order valence-corrected chi connectivity index (χ0v) is 12.7. The summed E-state index contributed by atoms with van der Waals surface area (Å²) in [6, 6.07) is 8.90. The number of aryl methyl sites for hydroxylation is 2. The number of hydrogen-bond donors (Lipinski definition) is 1. The predicted octanol–water partition coefficient (Wildman–Crippen LogP) is 3.47. The first-order valence-corrected chi connectivity index (χ1v) is 7.51. The van der Waals surface area contributed by atoms with Crippen LogP contribution in [0.25, 0.3) is 0 Å². The van der Waals surface area contributed by atoms with Crippen molar-refractivity contribution in [2.24, 2.45) is 5.73 Å². The van der Waals surface area contributed by atoms with E-state index in [-0.39, 0.29) is 12.1 Å². The van der Waals surface area contributed by atoms with Crippen LogP contribution in [-0.4, -0.2) is 15.6 Å². The van der Waals surface area contributed by atoms with E-state index >= 15 is 0 Å². The summed E-state index contributed by atoms with van der Waals surface area (Å²) in [5.41, 5.74) is 8.95. The van der Waals surface area contributed by atoms with Crippen LogP contribution in [0.15, 0.2) is 36.7 Å². The Bertz CT molecular complexity index is 545. The number of hydrogen-bond acceptors (Lipinski definition) is 2. The molecule has 1 aromatic heterocycles. The predicted molar refractivity (Wildman–Crippen MR) is 83.8 cm³/mol. The number of aromatic nitrogens is 2. The van der Waals surface area contributed by atoms with Gasteiger partial charge in [-0.25, -0.2) is 4.98 Å². The maximum absolute atomic E-state index is 6.41. The topological polar surface area (TPSA) is 43.8 Å². The second-order valence-electron chi connectivity index (χ2n) is 5.43. The quantitative estimate of drug-likeness (QED) is 0.874. The minimum atomic E-state index is 0.0987. The molecule has 0 aliphatic carbocycles. The first-order chi connectivity index (χ1) is 9.67. The van der Waals surface area contributed by atoms with Gasteiger partial charge in [-0.15, -0.1) is 0 Å². The third kappa shape index (κ3) is 3.10. The molecule has 0 bridgehead atoms. The highest BCUT2D eigenvalue weighted by Crippen LogP contribution is 2.25. The minimum absolute atomic E-state index is 0.0987. The van der Waals surface area contributed by atoms with Gasteiger partial charge < -0.3 is 10.3 Å². The molecule has 3 nitrogen and oxygen atoms in total. The lowest BCUT2D eigenvalue weighted by Gasteiger charge is -2.27. The molecule has 3 heteroatoms. The summed E-state index contributed by atoms with van der Waals surface area (Å²) >= 11 is 0. The van der Waals surface area contributed by atoms with Crippen LogP contribution in [0.2, 0.25) is 0 Å². The van der Waals surface area contributed by atoms with Crippen molar-refractivity contribution in [3.05, 3.63) is 53.6 Å². The third-order valence-corrected chi connectivity index (χ3v) is 3.78. The summed E-state index contributed by atoms with van der Waals surface area (Å²) in [6.45, 7) is 6.45. The number of rotatable bonds is 6. The van der Waals surface area contributed by atoms with E-state index in [2.05, 4.69) is 60.8 Å². The lowest BCUT2D eigenvalue weighted by molar-refractivity contribution is 0.445. The smallest absolute Gasteiger partial charge is 0.109 e. The lowest BCUT2D eigenvalue weighted by Crippen LogP contribution is -2.33. The molecule has 2 unspecified atom stereocenters. The van der Waals surface area contributed by atoms with Crippen molar-refractivity contribution in [2.45, 2.75) is 52.1 Å². The van der Waals surface area contributed by atoms with Crippen molar-refractivity contribution >= 4 is 0 Å². The summed E-state index contributed by atoms with van der Waals surface area (Å²) in [4.78, 5) is 4.50. The van der Waals surface area contributed by atoms with Crippen molar-refractivity contribution in [3.8, 4) is 0 Å². The molecule has 1 heterocycles. The molecule has 0 saturated carbocycles. The highest BCUT2D eigenvalue weighted by Gasteiger charge is 2.22. The molecule has 0 aliphatic rings. The molecule has 2 N–H and O–H groups in total. The van der Waals surface area contributed by atoms with E-state index in [0.29, 0.717) is 0 Å². The largest absolute Gasteiger partial charge is 0.326 e. The molecular formula is C17H25N3. The maximum atomic E-state index is 6.41. The maximum Gasteiger partial charge on any atom is 0.109 e. The van der Waals surface area contributed by atoms with Gasteiger partial charge in [0, 0.05) is 24.9 Å². The van der Waals surface area contributed by atoms with Crippen LogP contribution in [0.1, 0.15) is 49.7 Å². The first kappa shape index (κ1) is 14.8. The standard InChI is InChI=1S/C17H25N3/c1-4-7-16-19-10-11-20(16)17(15(18)5-2)14-9-6-8-13(3)12-14/h6,8-12,15,17H,4-5,7,18H2,1-3H3. The van der Waals surface area contributed by atoms with E-state index in [1.807, 2.05) is 6.20 Å². The average molecular weight is 271 g/mol. The van der Waals surface area contributed by atoms with Crippen LogP contribution in [-0.2, 0) is 6.42 Å². The van der Waals surface area contributed by atoms with E-state index in [0.717, 1.165) is 25.1 Å². The van der Waals surface area contributed by atoms with Gasteiger partial charge in [0.15, 0.2) is 0 Å². The van der Waals surface area contributed by atoms with Crippen molar-refractivity contribution in [3.63, 3.8) is 0 Å². The molecule has 2 aromatic rings. The molecule has 0 radical (unpaired) electrons. The zero-order chi connectivity index (χ0) is 14.5. The zero-order valence-electron chi connectivity index (χ0n) is 12.7. The minimum Gasteiger partial charge on any atom is -0.326 e. The van der Waals surface area contributed by atoms with Gasteiger partial charge in [0.05, 0.1) is 6.04 Å². The van der Waals surface area contributed by atoms with Gasteiger partial charge in [-0.05, 0) is 25.3 Å². The number of imidazole rings is 1. The number of benzene rings is 1. The fourth-order valence-electron chi connectivity index (χ4n) is 2.71. The SMILES string of the molecule is CCCc1nccn1C(c1cccc(C)c1)C(N)CC. The molecule has 20 heavy (non-hydrogen) atoms. The van der Waals surface area contributed by atoms with Crippen LogP contribution in [0, 0.1) is 6.92 Å². The molecule has 0 aliphatic heterocycles. The molecule has 0 spiro atoms. The van der Waals surface area contributed by atoms with Gasteiger partial charge in [0.1, 0.15) is 5.82 Å². The van der Waals surface area contributed by atoms with E-state index in [9.17, 15) is 0 Å². The molecule has 2 atom stereocenters. The summed E-state index contributed by atoms with van der Waals surface area (Å²) in [5.74, 6) is 1.13. The molecule has 0 amide bonds. The van der Waals surface area contributed by atoms with Crippen LogP contribution in [0.5, 0.6) is 0 Å². The van der Waals surface area contributed by atoms with Gasteiger partial charge in [-0.2, -0.15) is 0 Å². The Hall–Kier alpha value is -1.61. The number of nitrogens with two attached hydrogens (primary N) is 1. The molecule has 1 aromatic carbocycles. The van der Waals surface area contributed by atoms with E-state index in [1.165, 1.54) is 11.1 Å². The Balaban J connectivity index is 2.44. The molecule has 0 saturated heterocycles. The molecule has 108 valence electrons. The van der Waals surface area contributed by atoms with Crippen LogP contribution in [0.4, 0.5) is 0 Å². The Kier molecular flexibility index (Phi) is 4.96. The van der Waals surface area contributed by atoms with E-state index < -0.39 is 0 Å². The fraction of sp³-hybridized carbons (Fsp3) is 0.471. The summed E-state index contributed by atoms with van der Waals surface area (Å²) in [5, 5.41) is 0. The summed E-state index contributed by atoms with van der Waals surface area (Å²) in [6.07, 6.45) is 6.98. The molecular weight excluding hydrogens is 246 g/mol. The Labute approximate surface area is 121 Å². The van der Waals surface area contributed by atoms with Gasteiger partial charge in [0.2, 0.25) is 0 Å². The second-order valence-corrected chi connectivity index (χ2v) is 5.43. The Morgan fingerprint density at radius 1 is 1.30 bits per heavy atom. The normalized spacial score (nSPS) is 14.2. The highest BCUT2D eigenvalue weighted by molar-refractivity contribution is 5.27. The van der Waals surface area contributed by atoms with E-state index in [4.69, 9.17) is 5.73 Å². The fourth-order valence-corrected chi connectivity index (χ4v) is 2.71. The van der Waals surface area contributed by atoms with Crippen LogP contribution >= 0.6 is 0 Å². The molecule has 2 rings (SSSR count). The van der Waals surface area contributed by atoms with E-state index in [1.54, 1.807) is 0 Å². The second kappa shape index (κ2) is 6.71. The summed E-state index contributed by atoms with van der Waals surface area (Å²) < 4.78 is 2.26. The monoisotopic (exact) mass is 271 g/mol. The van der Waals surface area contributed by atoms with Gasteiger partial charge in [-0.3, -0.25) is 0 Å². The first-order valence-electron chi connectivity index (χ1n) is 7.51. The van der Waals surface area contributed by atoms with Gasteiger partial charge in [-0.1, -0.05) is 43.7 Å². The van der Waals surface area contributed by atoms with Crippen molar-refractivity contribution < 1.29 is 0 Å². The number of nitrogens with zero attached hydrogens (tertiary/aromatic N) is 2. The van der Waals surface area contributed by atoms with Gasteiger partial charge >= 0.3 is 0 Å². The average Bonchev–Trinajstić information content (AvgIpc) is 2.87. The third-order valence-electron chi connectivity index (χ3n) is 3.78. The van der Waals surface area contributed by atoms with Gasteiger partial charge in [0.25, 0.3) is 0 Å². The molecule has 0 fully saturated rings. The van der Waals surface area contributed by atoms with Crippen molar-refractivity contribution in [1.29, 1.82) is 0 Å². The van der Waals surface area contributed by atoms with Crippen LogP contribution in [0.3, 0.4) is 0 Å². The Morgan fingerprint density at radius 2 is 2.10 bits per heavy atom. The summed E-state index contributed by atoms with van der Waals surface area (Å²) in [7, 11) is 0.